The van der Waals surface area contributed by atoms with Gasteiger partial charge in [0, 0.05) is 26.3 Å². The number of anilines is 2. The van der Waals surface area contributed by atoms with Crippen LogP contribution in [0.5, 0.6) is 0 Å². The number of hydrogen-bond acceptors (Lipinski definition) is 6. The van der Waals surface area contributed by atoms with Gasteiger partial charge in [0.2, 0.25) is 0 Å². The molecule has 0 aliphatic carbocycles. The summed E-state index contributed by atoms with van der Waals surface area (Å²) < 4.78 is 5.07. The van der Waals surface area contributed by atoms with Crippen molar-refractivity contribution in [3.63, 3.8) is 0 Å². The van der Waals surface area contributed by atoms with E-state index in [1.54, 1.807) is 7.11 Å². The Hall–Kier alpha value is -1.40. The highest BCUT2D eigenvalue weighted by Gasteiger charge is 2.19. The van der Waals surface area contributed by atoms with Crippen LogP contribution in [0.15, 0.2) is 6.07 Å². The minimum atomic E-state index is -0.737. The predicted octanol–water partition coefficient (Wildman–Crippen LogP) is 2.02. The van der Waals surface area contributed by atoms with Crippen molar-refractivity contribution in [2.24, 2.45) is 0 Å². The molecule has 6 heteroatoms. The van der Waals surface area contributed by atoms with Crippen LogP contribution in [-0.4, -0.2) is 40.9 Å². The van der Waals surface area contributed by atoms with Gasteiger partial charge in [-0.1, -0.05) is 13.3 Å². The van der Waals surface area contributed by atoms with Gasteiger partial charge in [0.1, 0.15) is 18.2 Å². The fourth-order valence-corrected chi connectivity index (χ4v) is 1.96. The highest BCUT2D eigenvalue weighted by Crippen LogP contribution is 2.16. The summed E-state index contributed by atoms with van der Waals surface area (Å²) >= 11 is 0. The first-order chi connectivity index (χ1) is 9.50. The van der Waals surface area contributed by atoms with Crippen molar-refractivity contribution in [2.75, 3.05) is 30.8 Å². The zero-order chi connectivity index (χ0) is 15.0. The Morgan fingerprint density at radius 3 is 2.45 bits per heavy atom. The molecule has 114 valence electrons. The minimum Gasteiger partial charge on any atom is -0.388 e. The quantitative estimate of drug-likeness (QED) is 0.643. The largest absolute Gasteiger partial charge is 0.388 e. The van der Waals surface area contributed by atoms with Gasteiger partial charge in [-0.05, 0) is 20.3 Å². The number of aromatic nitrogens is 2. The molecule has 1 unspecified atom stereocenters. The molecule has 20 heavy (non-hydrogen) atoms. The number of hydrogen-bond donors (Lipinski definition) is 3. The number of aliphatic hydroxyl groups is 1. The molecular formula is C14H26N4O2. The molecule has 6 nitrogen and oxygen atoms in total. The van der Waals surface area contributed by atoms with E-state index in [-0.39, 0.29) is 0 Å². The second-order valence-electron chi connectivity index (χ2n) is 5.12. The normalized spacial score (nSPS) is 13.8. The van der Waals surface area contributed by atoms with Crippen LogP contribution in [0.25, 0.3) is 0 Å². The third kappa shape index (κ3) is 5.71. The second kappa shape index (κ2) is 8.01. The molecule has 1 aromatic heterocycles. The van der Waals surface area contributed by atoms with Crippen molar-refractivity contribution >= 4 is 11.6 Å². The maximum atomic E-state index is 10.2. The molecule has 0 aliphatic rings. The molecule has 0 aromatic carbocycles. The van der Waals surface area contributed by atoms with E-state index in [9.17, 15) is 5.11 Å². The van der Waals surface area contributed by atoms with Crippen LogP contribution in [0.4, 0.5) is 11.6 Å². The lowest BCUT2D eigenvalue weighted by molar-refractivity contribution is 0.0636. The topological polar surface area (TPSA) is 79.3 Å². The van der Waals surface area contributed by atoms with Crippen LogP contribution in [0.3, 0.4) is 0 Å². The van der Waals surface area contributed by atoms with Crippen LogP contribution in [-0.2, 0) is 11.3 Å². The first-order valence-corrected chi connectivity index (χ1v) is 7.07. The smallest absolute Gasteiger partial charge is 0.158 e. The van der Waals surface area contributed by atoms with Crippen LogP contribution in [0, 0.1) is 0 Å². The summed E-state index contributed by atoms with van der Waals surface area (Å²) in [6.07, 6.45) is 1.69. The highest BCUT2D eigenvalue weighted by molar-refractivity contribution is 5.47. The molecular weight excluding hydrogens is 256 g/mol. The van der Waals surface area contributed by atoms with E-state index in [1.807, 2.05) is 19.9 Å². The lowest BCUT2D eigenvalue weighted by Gasteiger charge is -2.23. The van der Waals surface area contributed by atoms with Gasteiger partial charge in [-0.15, -0.1) is 0 Å². The van der Waals surface area contributed by atoms with E-state index >= 15 is 0 Å². The Balaban J connectivity index is 2.77. The average molecular weight is 282 g/mol. The highest BCUT2D eigenvalue weighted by atomic mass is 16.5. The molecule has 1 heterocycles. The Morgan fingerprint density at radius 1 is 1.25 bits per heavy atom. The standard InChI is InChI=1S/C14H26N4O2/c1-5-7-14(3,19)10-16-12-8-11(15-6-2)17-13(18-12)9-20-4/h8,19H,5-7,9-10H2,1-4H3,(H2,15,16,17,18). The third-order valence-electron chi connectivity index (χ3n) is 2.84. The molecule has 0 bridgehead atoms. The second-order valence-corrected chi connectivity index (χ2v) is 5.12. The van der Waals surface area contributed by atoms with E-state index in [2.05, 4.69) is 27.5 Å². The number of rotatable bonds is 9. The molecule has 0 amide bonds. The summed E-state index contributed by atoms with van der Waals surface area (Å²) in [5.41, 5.74) is -0.737. The van der Waals surface area contributed by atoms with Crippen molar-refractivity contribution in [3.8, 4) is 0 Å². The van der Waals surface area contributed by atoms with Crippen LogP contribution < -0.4 is 10.6 Å². The first kappa shape index (κ1) is 16.7. The predicted molar refractivity (Wildman–Crippen MR) is 80.9 cm³/mol. The molecule has 1 rings (SSSR count). The van der Waals surface area contributed by atoms with Gasteiger partial charge in [0.05, 0.1) is 5.60 Å². The van der Waals surface area contributed by atoms with Gasteiger partial charge in [0.25, 0.3) is 0 Å². The summed E-state index contributed by atoms with van der Waals surface area (Å²) in [5.74, 6) is 2.06. The van der Waals surface area contributed by atoms with E-state index < -0.39 is 5.60 Å². The maximum absolute atomic E-state index is 10.2. The summed E-state index contributed by atoms with van der Waals surface area (Å²) in [5, 5.41) is 16.5. The summed E-state index contributed by atoms with van der Waals surface area (Å²) in [6, 6.07) is 1.84. The Kier molecular flexibility index (Phi) is 6.67. The molecule has 0 radical (unpaired) electrons. The fourth-order valence-electron chi connectivity index (χ4n) is 1.96. The Bertz CT molecular complexity index is 386. The van der Waals surface area contributed by atoms with Gasteiger partial charge >= 0.3 is 0 Å². The fraction of sp³-hybridized carbons (Fsp3) is 0.714. The van der Waals surface area contributed by atoms with E-state index in [4.69, 9.17) is 4.74 Å². The first-order valence-electron chi connectivity index (χ1n) is 7.07. The molecule has 0 spiro atoms. The van der Waals surface area contributed by atoms with Gasteiger partial charge in [-0.2, -0.15) is 0 Å². The molecule has 0 saturated carbocycles. The number of ether oxygens (including phenoxy) is 1. The van der Waals surface area contributed by atoms with Crippen molar-refractivity contribution in [2.45, 2.75) is 45.8 Å². The van der Waals surface area contributed by atoms with Gasteiger partial charge in [0.15, 0.2) is 5.82 Å². The summed E-state index contributed by atoms with van der Waals surface area (Å²) in [7, 11) is 1.61. The van der Waals surface area contributed by atoms with Crippen LogP contribution in [0.2, 0.25) is 0 Å². The van der Waals surface area contributed by atoms with E-state index in [1.165, 1.54) is 0 Å². The molecule has 1 atom stereocenters. The molecule has 0 saturated heterocycles. The summed E-state index contributed by atoms with van der Waals surface area (Å²) in [6.45, 7) is 7.49. The van der Waals surface area contributed by atoms with E-state index in [0.717, 1.165) is 25.2 Å². The SMILES string of the molecule is CCCC(C)(O)CNc1cc(NCC)nc(COC)n1. The van der Waals surface area contributed by atoms with Crippen LogP contribution in [0.1, 0.15) is 39.4 Å². The Morgan fingerprint density at radius 2 is 1.90 bits per heavy atom. The van der Waals surface area contributed by atoms with Crippen molar-refractivity contribution in [1.82, 2.24) is 9.97 Å². The Labute approximate surface area is 121 Å². The summed E-state index contributed by atoms with van der Waals surface area (Å²) in [4.78, 5) is 8.71. The van der Waals surface area contributed by atoms with Gasteiger partial charge < -0.3 is 20.5 Å². The van der Waals surface area contributed by atoms with Crippen molar-refractivity contribution in [1.29, 1.82) is 0 Å². The minimum absolute atomic E-state index is 0.360. The number of methoxy groups -OCH3 is 1. The zero-order valence-corrected chi connectivity index (χ0v) is 12.9. The molecule has 0 fully saturated rings. The lowest BCUT2D eigenvalue weighted by atomic mass is 10.0. The average Bonchev–Trinajstić information content (AvgIpc) is 2.37. The van der Waals surface area contributed by atoms with Crippen molar-refractivity contribution in [3.05, 3.63) is 11.9 Å². The van der Waals surface area contributed by atoms with E-state index in [0.29, 0.717) is 24.8 Å². The number of nitrogens with zero attached hydrogens (tertiary/aromatic N) is 2. The third-order valence-corrected chi connectivity index (χ3v) is 2.84. The van der Waals surface area contributed by atoms with Crippen molar-refractivity contribution < 1.29 is 9.84 Å². The molecule has 3 N–H and O–H groups in total. The monoisotopic (exact) mass is 282 g/mol. The van der Waals surface area contributed by atoms with Gasteiger partial charge in [-0.25, -0.2) is 9.97 Å². The maximum Gasteiger partial charge on any atom is 0.158 e. The molecule has 1 aromatic rings. The number of nitrogens with one attached hydrogen (secondary N) is 2. The van der Waals surface area contributed by atoms with Crippen LogP contribution >= 0.6 is 0 Å². The lowest BCUT2D eigenvalue weighted by Crippen LogP contribution is -2.33. The molecule has 0 aliphatic heterocycles. The van der Waals surface area contributed by atoms with Gasteiger partial charge in [-0.3, -0.25) is 0 Å². The zero-order valence-electron chi connectivity index (χ0n) is 12.9.